The van der Waals surface area contributed by atoms with Crippen LogP contribution >= 0.6 is 0 Å². The zero-order valence-electron chi connectivity index (χ0n) is 20.0. The number of allylic oxidation sites excluding steroid dienone is 2. The summed E-state index contributed by atoms with van der Waals surface area (Å²) in [7, 11) is 1.69. The Hall–Kier alpha value is -3.87. The van der Waals surface area contributed by atoms with Gasteiger partial charge in [-0.05, 0) is 38.1 Å². The van der Waals surface area contributed by atoms with Gasteiger partial charge < -0.3 is 10.1 Å². The van der Waals surface area contributed by atoms with Crippen molar-refractivity contribution < 1.29 is 18.3 Å². The van der Waals surface area contributed by atoms with Crippen LogP contribution in [0.1, 0.15) is 48.0 Å². The smallest absolute Gasteiger partial charge is 0.251 e. The van der Waals surface area contributed by atoms with Crippen molar-refractivity contribution in [1.82, 2.24) is 10.3 Å². The molecule has 0 radical (unpaired) electrons. The average molecular weight is 466 g/mol. The fourth-order valence-electron chi connectivity index (χ4n) is 3.09. The largest absolute Gasteiger partial charge is 0.457 e. The number of carbonyl (C=O) groups is 1. The Balaban J connectivity index is 0.00000199. The van der Waals surface area contributed by atoms with Crippen LogP contribution in [-0.4, -0.2) is 24.2 Å². The van der Waals surface area contributed by atoms with Gasteiger partial charge in [0.2, 0.25) is 0 Å². The number of carbonyl (C=O) groups excluding carboxylic acids is 1. The van der Waals surface area contributed by atoms with Crippen LogP contribution in [0.4, 0.5) is 8.78 Å². The van der Waals surface area contributed by atoms with E-state index in [9.17, 15) is 13.6 Å². The van der Waals surface area contributed by atoms with Crippen molar-refractivity contribution in [2.45, 2.75) is 34.2 Å². The highest BCUT2D eigenvalue weighted by Gasteiger charge is 2.14. The lowest BCUT2D eigenvalue weighted by atomic mass is 10.1. The molecule has 0 fully saturated rings. The Morgan fingerprint density at radius 1 is 1.15 bits per heavy atom. The predicted octanol–water partition coefficient (Wildman–Crippen LogP) is 6.52. The quantitative estimate of drug-likeness (QED) is 0.404. The fraction of sp³-hybridized carbons (Fsp3) is 0.222. The van der Waals surface area contributed by atoms with Crippen LogP contribution in [0, 0.1) is 18.6 Å². The van der Waals surface area contributed by atoms with E-state index in [-0.39, 0.29) is 18.0 Å². The van der Waals surface area contributed by atoms with Gasteiger partial charge in [-0.1, -0.05) is 32.1 Å². The molecule has 0 aliphatic rings. The lowest BCUT2D eigenvalue weighted by Gasteiger charge is -2.13. The molecular weight excluding hydrogens is 436 g/mol. The summed E-state index contributed by atoms with van der Waals surface area (Å²) in [4.78, 5) is 21.1. The van der Waals surface area contributed by atoms with Crippen LogP contribution in [0.3, 0.4) is 0 Å². The van der Waals surface area contributed by atoms with Gasteiger partial charge in [0.15, 0.2) is 0 Å². The first-order valence-electron chi connectivity index (χ1n) is 11.0. The Bertz CT molecular complexity index is 1190. The number of nitrogens with one attached hydrogen (secondary N) is 1. The second-order valence-electron chi connectivity index (χ2n) is 6.96. The molecule has 0 atom stereocenters. The Labute approximate surface area is 199 Å². The van der Waals surface area contributed by atoms with Gasteiger partial charge >= 0.3 is 0 Å². The van der Waals surface area contributed by atoms with Gasteiger partial charge in [0.1, 0.15) is 23.1 Å². The predicted molar refractivity (Wildman–Crippen MR) is 132 cm³/mol. The molecule has 1 amide bonds. The molecule has 0 unspecified atom stereocenters. The molecule has 34 heavy (non-hydrogen) atoms. The molecule has 0 saturated heterocycles. The van der Waals surface area contributed by atoms with E-state index in [0.717, 1.165) is 17.7 Å². The highest BCUT2D eigenvalue weighted by Crippen LogP contribution is 2.28. The van der Waals surface area contributed by atoms with Gasteiger partial charge in [0.25, 0.3) is 5.91 Å². The number of benzene rings is 2. The number of hydrogen-bond donors (Lipinski definition) is 1. The first-order valence-corrected chi connectivity index (χ1v) is 11.0. The van der Waals surface area contributed by atoms with Gasteiger partial charge in [-0.2, -0.15) is 0 Å². The lowest BCUT2D eigenvalue weighted by Crippen LogP contribution is -2.24. The Morgan fingerprint density at radius 2 is 1.91 bits per heavy atom. The minimum Gasteiger partial charge on any atom is -0.457 e. The number of aliphatic imine (C=N–C) groups is 1. The molecule has 7 heteroatoms. The van der Waals surface area contributed by atoms with Gasteiger partial charge in [0.05, 0.1) is 5.69 Å². The van der Waals surface area contributed by atoms with Crippen LogP contribution in [0.15, 0.2) is 65.8 Å². The molecule has 1 aromatic heterocycles. The Kier molecular flexibility index (Phi) is 10.1. The highest BCUT2D eigenvalue weighted by molar-refractivity contribution is 6.08. The summed E-state index contributed by atoms with van der Waals surface area (Å²) < 4.78 is 32.9. The number of rotatable bonds is 7. The van der Waals surface area contributed by atoms with Gasteiger partial charge in [-0.3, -0.25) is 14.8 Å². The fourth-order valence-corrected chi connectivity index (χ4v) is 3.09. The summed E-state index contributed by atoms with van der Waals surface area (Å²) in [6.45, 7) is 7.61. The van der Waals surface area contributed by atoms with Gasteiger partial charge in [-0.15, -0.1) is 0 Å². The SMILES string of the molecule is C/C=C(\C=NC)c1cc(Oc2cccc(C(=O)NCc3ccc(F)cc3F)c2C)ccn1.CC. The molecule has 2 aromatic carbocycles. The highest BCUT2D eigenvalue weighted by atomic mass is 19.1. The van der Waals surface area contributed by atoms with Crippen molar-refractivity contribution in [3.05, 3.63) is 94.8 Å². The Morgan fingerprint density at radius 3 is 2.59 bits per heavy atom. The number of hydrogen-bond acceptors (Lipinski definition) is 4. The summed E-state index contributed by atoms with van der Waals surface area (Å²) >= 11 is 0. The standard InChI is InChI=1S/C25H23F2N3O2.C2H6/c1-4-17(14-28-3)23-13-20(10-11-29-23)32-24-7-5-6-21(16(24)2)25(31)30-15-18-8-9-19(26)12-22(18)27;1-2/h4-14H,15H2,1-3H3,(H,30,31);1-2H3/b17-4+,28-14?;. The molecular formula is C27H29F2N3O2. The number of pyridine rings is 1. The molecule has 0 spiro atoms. The minimum atomic E-state index is -0.707. The molecule has 3 rings (SSSR count). The summed E-state index contributed by atoms with van der Waals surface area (Å²) in [6.07, 6.45) is 5.26. The van der Waals surface area contributed by atoms with Crippen LogP contribution in [0.2, 0.25) is 0 Å². The van der Waals surface area contributed by atoms with Crippen molar-refractivity contribution in [2.75, 3.05) is 7.05 Å². The number of amides is 1. The lowest BCUT2D eigenvalue weighted by molar-refractivity contribution is 0.0949. The summed E-state index contributed by atoms with van der Waals surface area (Å²) in [5, 5.41) is 2.66. The van der Waals surface area contributed by atoms with Crippen molar-refractivity contribution in [3.8, 4) is 11.5 Å². The third kappa shape index (κ3) is 6.81. The van der Waals surface area contributed by atoms with Crippen molar-refractivity contribution in [1.29, 1.82) is 0 Å². The molecule has 178 valence electrons. The van der Waals surface area contributed by atoms with E-state index in [1.807, 2.05) is 26.8 Å². The molecule has 5 nitrogen and oxygen atoms in total. The molecule has 1 N–H and O–H groups in total. The van der Waals surface area contributed by atoms with Crippen LogP contribution in [0.25, 0.3) is 5.57 Å². The van der Waals surface area contributed by atoms with E-state index in [0.29, 0.717) is 28.3 Å². The second kappa shape index (κ2) is 13.0. The third-order valence-corrected chi connectivity index (χ3v) is 4.82. The van der Waals surface area contributed by atoms with Gasteiger partial charge in [-0.25, -0.2) is 8.78 Å². The number of halogens is 2. The third-order valence-electron chi connectivity index (χ3n) is 4.82. The van der Waals surface area contributed by atoms with Crippen molar-refractivity contribution >= 4 is 17.7 Å². The zero-order chi connectivity index (χ0) is 25.1. The number of aromatic nitrogens is 1. The number of nitrogens with zero attached hydrogens (tertiary/aromatic N) is 2. The second-order valence-corrected chi connectivity index (χ2v) is 6.96. The van der Waals surface area contributed by atoms with Crippen LogP contribution in [0.5, 0.6) is 11.5 Å². The normalized spacial score (nSPS) is 11.1. The maximum absolute atomic E-state index is 13.8. The summed E-state index contributed by atoms with van der Waals surface area (Å²) in [6, 6.07) is 11.9. The summed E-state index contributed by atoms with van der Waals surface area (Å²) in [5.74, 6) is -0.688. The topological polar surface area (TPSA) is 63.6 Å². The van der Waals surface area contributed by atoms with E-state index < -0.39 is 11.6 Å². The minimum absolute atomic E-state index is 0.0612. The molecule has 1 heterocycles. The van der Waals surface area contributed by atoms with Gasteiger partial charge in [0, 0.05) is 60.4 Å². The maximum Gasteiger partial charge on any atom is 0.251 e. The zero-order valence-corrected chi connectivity index (χ0v) is 20.0. The molecule has 0 aliphatic carbocycles. The first-order chi connectivity index (χ1) is 16.4. The van der Waals surface area contributed by atoms with E-state index in [1.165, 1.54) is 6.07 Å². The molecule has 3 aromatic rings. The maximum atomic E-state index is 13.8. The van der Waals surface area contributed by atoms with E-state index in [4.69, 9.17) is 4.74 Å². The van der Waals surface area contributed by atoms with Crippen LogP contribution in [-0.2, 0) is 6.54 Å². The first kappa shape index (κ1) is 26.4. The van der Waals surface area contributed by atoms with Crippen molar-refractivity contribution in [3.63, 3.8) is 0 Å². The number of ether oxygens (including phenoxy) is 1. The average Bonchev–Trinajstić information content (AvgIpc) is 2.84. The van der Waals surface area contributed by atoms with E-state index in [1.54, 1.807) is 56.7 Å². The summed E-state index contributed by atoms with van der Waals surface area (Å²) in [5.41, 5.74) is 2.79. The van der Waals surface area contributed by atoms with Crippen molar-refractivity contribution in [2.24, 2.45) is 4.99 Å². The van der Waals surface area contributed by atoms with E-state index >= 15 is 0 Å². The molecule has 0 saturated carbocycles. The van der Waals surface area contributed by atoms with E-state index in [2.05, 4.69) is 15.3 Å². The molecule has 0 aliphatic heterocycles. The van der Waals surface area contributed by atoms with Crippen LogP contribution < -0.4 is 10.1 Å². The molecule has 0 bridgehead atoms. The monoisotopic (exact) mass is 465 g/mol.